The van der Waals surface area contributed by atoms with Crippen LogP contribution in [-0.2, 0) is 0 Å². The van der Waals surface area contributed by atoms with E-state index in [1.54, 1.807) is 7.11 Å². The molecule has 2 rings (SSSR count). The molecule has 0 aliphatic heterocycles. The number of nitrogens with two attached hydrogens (primary N) is 1. The van der Waals surface area contributed by atoms with Gasteiger partial charge in [0.2, 0.25) is 0 Å². The molecule has 4 heteroatoms. The lowest BCUT2D eigenvalue weighted by molar-refractivity contribution is 0.415. The largest absolute Gasteiger partial charge is 0.497 e. The highest BCUT2D eigenvalue weighted by Crippen LogP contribution is 2.28. The molecule has 3 nitrogen and oxygen atoms in total. The molecule has 0 aromatic heterocycles. The molecular formula is C14H14N2OS. The number of rotatable bonds is 3. The summed E-state index contributed by atoms with van der Waals surface area (Å²) < 4.78 is 5.27. The second kappa shape index (κ2) is 5.51. The Morgan fingerprint density at radius 2 is 1.83 bits per heavy atom. The van der Waals surface area contributed by atoms with E-state index in [1.807, 2.05) is 48.5 Å². The van der Waals surface area contributed by atoms with Crippen LogP contribution >= 0.6 is 12.2 Å². The van der Waals surface area contributed by atoms with Crippen molar-refractivity contribution in [2.45, 2.75) is 0 Å². The van der Waals surface area contributed by atoms with E-state index in [2.05, 4.69) is 5.32 Å². The highest BCUT2D eigenvalue weighted by Gasteiger charge is 2.04. The van der Waals surface area contributed by atoms with Gasteiger partial charge in [-0.15, -0.1) is 0 Å². The van der Waals surface area contributed by atoms with E-state index in [9.17, 15) is 0 Å². The average Bonchev–Trinajstić information content (AvgIpc) is 2.38. The number of anilines is 1. The van der Waals surface area contributed by atoms with Crippen LogP contribution in [0, 0.1) is 0 Å². The second-order valence-electron chi connectivity index (χ2n) is 3.81. The van der Waals surface area contributed by atoms with Gasteiger partial charge in [0.25, 0.3) is 0 Å². The molecule has 0 bridgehead atoms. The summed E-state index contributed by atoms with van der Waals surface area (Å²) in [5.41, 5.74) is 8.47. The maximum absolute atomic E-state index is 5.48. The molecule has 0 saturated heterocycles. The lowest BCUT2D eigenvalue weighted by Gasteiger charge is -2.10. The van der Waals surface area contributed by atoms with E-state index in [0.717, 1.165) is 22.6 Å². The summed E-state index contributed by atoms with van der Waals surface area (Å²) in [6.45, 7) is 0. The SMILES string of the molecule is COc1cc(NC(N)=S)cc(-c2ccccc2)c1. The first kappa shape index (κ1) is 12.4. The molecule has 0 atom stereocenters. The zero-order valence-electron chi connectivity index (χ0n) is 10.0. The maximum atomic E-state index is 5.48. The number of nitrogens with one attached hydrogen (secondary N) is 1. The predicted octanol–water partition coefficient (Wildman–Crippen LogP) is 3.02. The summed E-state index contributed by atoms with van der Waals surface area (Å²) in [5.74, 6) is 0.759. The molecule has 18 heavy (non-hydrogen) atoms. The highest BCUT2D eigenvalue weighted by molar-refractivity contribution is 7.80. The number of hydrogen-bond donors (Lipinski definition) is 2. The van der Waals surface area contributed by atoms with E-state index in [1.165, 1.54) is 0 Å². The third-order valence-corrected chi connectivity index (χ3v) is 2.62. The third kappa shape index (κ3) is 2.99. The van der Waals surface area contributed by atoms with Gasteiger partial charge >= 0.3 is 0 Å². The Labute approximate surface area is 112 Å². The molecule has 0 unspecified atom stereocenters. The molecule has 3 N–H and O–H groups in total. The van der Waals surface area contributed by atoms with E-state index in [-0.39, 0.29) is 5.11 Å². The predicted molar refractivity (Wildman–Crippen MR) is 78.8 cm³/mol. The summed E-state index contributed by atoms with van der Waals surface area (Å²) in [4.78, 5) is 0. The van der Waals surface area contributed by atoms with Gasteiger partial charge < -0.3 is 15.8 Å². The number of thiocarbonyl (C=S) groups is 1. The summed E-state index contributed by atoms with van der Waals surface area (Å²) in [7, 11) is 1.63. The lowest BCUT2D eigenvalue weighted by Crippen LogP contribution is -2.18. The maximum Gasteiger partial charge on any atom is 0.168 e. The van der Waals surface area contributed by atoms with Crippen molar-refractivity contribution in [2.75, 3.05) is 12.4 Å². The van der Waals surface area contributed by atoms with Crippen LogP contribution in [0.1, 0.15) is 0 Å². The summed E-state index contributed by atoms with van der Waals surface area (Å²) in [6.07, 6.45) is 0. The third-order valence-electron chi connectivity index (χ3n) is 2.52. The monoisotopic (exact) mass is 258 g/mol. The van der Waals surface area contributed by atoms with Crippen LogP contribution in [0.3, 0.4) is 0 Å². The fourth-order valence-corrected chi connectivity index (χ4v) is 1.85. The Morgan fingerprint density at radius 1 is 1.11 bits per heavy atom. The van der Waals surface area contributed by atoms with E-state index < -0.39 is 0 Å². The summed E-state index contributed by atoms with van der Waals surface area (Å²) >= 11 is 4.84. The topological polar surface area (TPSA) is 47.3 Å². The molecule has 0 radical (unpaired) electrons. The van der Waals surface area contributed by atoms with Gasteiger partial charge in [-0.1, -0.05) is 30.3 Å². The molecule has 0 saturated carbocycles. The zero-order valence-corrected chi connectivity index (χ0v) is 10.8. The highest BCUT2D eigenvalue weighted by atomic mass is 32.1. The van der Waals surface area contributed by atoms with Gasteiger partial charge in [0.1, 0.15) is 5.75 Å². The van der Waals surface area contributed by atoms with Gasteiger partial charge in [0, 0.05) is 11.8 Å². The molecule has 0 aliphatic carbocycles. The smallest absolute Gasteiger partial charge is 0.168 e. The second-order valence-corrected chi connectivity index (χ2v) is 4.25. The Balaban J connectivity index is 2.44. The normalized spacial score (nSPS) is 9.83. The van der Waals surface area contributed by atoms with Crippen LogP contribution < -0.4 is 15.8 Å². The van der Waals surface area contributed by atoms with Crippen molar-refractivity contribution >= 4 is 23.0 Å². The van der Waals surface area contributed by atoms with Gasteiger partial charge in [0.05, 0.1) is 7.11 Å². The van der Waals surface area contributed by atoms with E-state index in [0.29, 0.717) is 0 Å². The molecule has 2 aromatic rings. The van der Waals surface area contributed by atoms with Crippen LogP contribution in [0.2, 0.25) is 0 Å². The molecule has 0 amide bonds. The van der Waals surface area contributed by atoms with Gasteiger partial charge in [0.15, 0.2) is 5.11 Å². The van der Waals surface area contributed by atoms with Crippen LogP contribution in [0.25, 0.3) is 11.1 Å². The number of ether oxygens (including phenoxy) is 1. The van der Waals surface area contributed by atoms with Gasteiger partial charge in [-0.3, -0.25) is 0 Å². The quantitative estimate of drug-likeness (QED) is 0.831. The molecule has 92 valence electrons. The van der Waals surface area contributed by atoms with Gasteiger partial charge in [-0.25, -0.2) is 0 Å². The first-order valence-corrected chi connectivity index (χ1v) is 5.91. The van der Waals surface area contributed by atoms with Crippen LogP contribution in [0.4, 0.5) is 5.69 Å². The number of methoxy groups -OCH3 is 1. The van der Waals surface area contributed by atoms with Crippen molar-refractivity contribution in [1.82, 2.24) is 0 Å². The Bertz CT molecular complexity index is 555. The van der Waals surface area contributed by atoms with Crippen molar-refractivity contribution < 1.29 is 4.74 Å². The molecular weight excluding hydrogens is 244 g/mol. The average molecular weight is 258 g/mol. The van der Waals surface area contributed by atoms with Crippen LogP contribution in [-0.4, -0.2) is 12.2 Å². The fourth-order valence-electron chi connectivity index (χ4n) is 1.73. The number of hydrogen-bond acceptors (Lipinski definition) is 2. The Morgan fingerprint density at radius 3 is 2.44 bits per heavy atom. The summed E-state index contributed by atoms with van der Waals surface area (Å²) in [6, 6.07) is 15.9. The number of benzene rings is 2. The minimum Gasteiger partial charge on any atom is -0.497 e. The first-order valence-electron chi connectivity index (χ1n) is 5.50. The van der Waals surface area contributed by atoms with Crippen molar-refractivity contribution in [3.63, 3.8) is 0 Å². The van der Waals surface area contributed by atoms with E-state index in [4.69, 9.17) is 22.7 Å². The van der Waals surface area contributed by atoms with Crippen molar-refractivity contribution in [3.8, 4) is 16.9 Å². The Kier molecular flexibility index (Phi) is 3.79. The molecule has 0 aliphatic rings. The zero-order chi connectivity index (χ0) is 13.0. The minimum atomic E-state index is 0.238. The lowest BCUT2D eigenvalue weighted by atomic mass is 10.0. The van der Waals surface area contributed by atoms with Crippen LogP contribution in [0.5, 0.6) is 5.75 Å². The summed E-state index contributed by atoms with van der Waals surface area (Å²) in [5, 5.41) is 3.16. The van der Waals surface area contributed by atoms with Crippen molar-refractivity contribution in [2.24, 2.45) is 5.73 Å². The molecule has 0 heterocycles. The van der Waals surface area contributed by atoms with E-state index >= 15 is 0 Å². The Hall–Kier alpha value is -2.07. The molecule has 0 fully saturated rings. The first-order chi connectivity index (χ1) is 8.69. The standard InChI is InChI=1S/C14H14N2OS/c1-17-13-8-11(10-5-3-2-4-6-10)7-12(9-13)16-14(15)18/h2-9H,1H3,(H3,15,16,18). The van der Waals surface area contributed by atoms with Crippen molar-refractivity contribution in [3.05, 3.63) is 48.5 Å². The fraction of sp³-hybridized carbons (Fsp3) is 0.0714. The van der Waals surface area contributed by atoms with Gasteiger partial charge in [-0.05, 0) is 35.5 Å². The molecule has 0 spiro atoms. The molecule has 2 aromatic carbocycles. The van der Waals surface area contributed by atoms with Crippen LogP contribution in [0.15, 0.2) is 48.5 Å². The van der Waals surface area contributed by atoms with Crippen molar-refractivity contribution in [1.29, 1.82) is 0 Å². The minimum absolute atomic E-state index is 0.238. The van der Waals surface area contributed by atoms with Gasteiger partial charge in [-0.2, -0.15) is 0 Å².